The Morgan fingerprint density at radius 3 is 2.52 bits per heavy atom. The molecule has 1 aliphatic rings. The third kappa shape index (κ3) is 7.98. The molecule has 1 atom stereocenters. The van der Waals surface area contributed by atoms with Crippen molar-refractivity contribution in [2.24, 2.45) is 0 Å². The summed E-state index contributed by atoms with van der Waals surface area (Å²) in [5.74, 6) is 0.790. The van der Waals surface area contributed by atoms with Crippen molar-refractivity contribution in [2.75, 3.05) is 13.1 Å². The summed E-state index contributed by atoms with van der Waals surface area (Å²) in [5.41, 5.74) is 6.43. The highest BCUT2D eigenvalue weighted by atomic mass is 16.5. The van der Waals surface area contributed by atoms with Crippen LogP contribution in [0.4, 0.5) is 0 Å². The van der Waals surface area contributed by atoms with E-state index in [1.54, 1.807) is 6.07 Å². The summed E-state index contributed by atoms with van der Waals surface area (Å²) in [4.78, 5) is 14.1. The Labute approximate surface area is 239 Å². The summed E-state index contributed by atoms with van der Waals surface area (Å²) in [6, 6.07) is 22.8. The van der Waals surface area contributed by atoms with Crippen molar-refractivity contribution >= 4 is 5.97 Å². The van der Waals surface area contributed by atoms with Gasteiger partial charge in [-0.2, -0.15) is 0 Å². The Balaban J connectivity index is 1.47. The first kappa shape index (κ1) is 29.4. The number of aliphatic hydroxyl groups excluding tert-OH is 1. The molecule has 212 valence electrons. The number of aliphatic hydroxyl groups is 1. The number of nitrogens with zero attached hydrogens (tertiary/aromatic N) is 1. The number of hydrogen-bond donors (Lipinski definition) is 2. The molecule has 3 aromatic rings. The number of unbranched alkanes of at least 4 members (excludes halogenated alkanes) is 1. The van der Waals surface area contributed by atoms with Crippen LogP contribution >= 0.6 is 0 Å². The lowest BCUT2D eigenvalue weighted by molar-refractivity contribution is 0.0696. The zero-order chi connectivity index (χ0) is 28.5. The number of aryl methyl sites for hydroxylation is 1. The quantitative estimate of drug-likeness (QED) is 0.159. The first-order valence-electron chi connectivity index (χ1n) is 14.6. The lowest BCUT2D eigenvalue weighted by atomic mass is 9.85. The van der Waals surface area contributed by atoms with Gasteiger partial charge in [-0.15, -0.1) is 0 Å². The monoisotopic (exact) mass is 541 g/mol. The fourth-order valence-electron chi connectivity index (χ4n) is 5.64. The molecule has 0 amide bonds. The first-order chi connectivity index (χ1) is 19.3. The molecule has 2 N–H and O–H groups in total. The van der Waals surface area contributed by atoms with E-state index in [4.69, 9.17) is 4.74 Å². The van der Waals surface area contributed by atoms with Crippen LogP contribution in [0.5, 0.6) is 5.75 Å². The maximum absolute atomic E-state index is 11.6. The summed E-state index contributed by atoms with van der Waals surface area (Å²) >= 11 is 0. The van der Waals surface area contributed by atoms with E-state index in [2.05, 4.69) is 67.8 Å². The number of hydrogen-bond acceptors (Lipinski definition) is 4. The number of ether oxygens (including phenoxy) is 1. The molecule has 3 aromatic carbocycles. The fraction of sp³-hybridized carbons (Fsp3) is 0.400. The van der Waals surface area contributed by atoms with Crippen molar-refractivity contribution in [1.29, 1.82) is 0 Å². The highest BCUT2D eigenvalue weighted by Gasteiger charge is 2.26. The summed E-state index contributed by atoms with van der Waals surface area (Å²) in [6.07, 6.45) is 6.33. The zero-order valence-electron chi connectivity index (χ0n) is 23.9. The molecular weight excluding hydrogens is 498 g/mol. The molecule has 0 spiro atoms. The van der Waals surface area contributed by atoms with Crippen LogP contribution < -0.4 is 4.74 Å². The molecule has 0 saturated heterocycles. The molecule has 1 aliphatic carbocycles. The minimum absolute atomic E-state index is 0.237. The van der Waals surface area contributed by atoms with E-state index in [1.807, 2.05) is 18.2 Å². The van der Waals surface area contributed by atoms with Crippen LogP contribution in [0.15, 0.2) is 79.1 Å². The van der Waals surface area contributed by atoms with Crippen molar-refractivity contribution in [1.82, 2.24) is 4.90 Å². The van der Waals surface area contributed by atoms with Crippen molar-refractivity contribution < 1.29 is 19.7 Å². The molecule has 0 saturated carbocycles. The first-order valence-corrected chi connectivity index (χ1v) is 14.6. The topological polar surface area (TPSA) is 70.0 Å². The zero-order valence-corrected chi connectivity index (χ0v) is 23.9. The van der Waals surface area contributed by atoms with Crippen molar-refractivity contribution in [3.8, 4) is 5.75 Å². The molecule has 0 aliphatic heterocycles. The smallest absolute Gasteiger partial charge is 0.335 e. The molecule has 0 bridgehead atoms. The summed E-state index contributed by atoms with van der Waals surface area (Å²) in [5, 5.41) is 19.0. The van der Waals surface area contributed by atoms with Crippen molar-refractivity contribution in [2.45, 2.75) is 77.4 Å². The Morgan fingerprint density at radius 1 is 1.02 bits per heavy atom. The molecule has 4 rings (SSSR count). The van der Waals surface area contributed by atoms with Gasteiger partial charge >= 0.3 is 5.97 Å². The second-order valence-electron chi connectivity index (χ2n) is 11.2. The SMILES string of the molecule is C=C(O)CCCCN(CCc1ccccc1OCc1ccc(C(C)C)cc1)C1CCCc2cc(C(=O)O)ccc21. The molecule has 1 unspecified atom stereocenters. The van der Waals surface area contributed by atoms with Gasteiger partial charge in [-0.05, 0) is 97.0 Å². The van der Waals surface area contributed by atoms with E-state index in [1.165, 1.54) is 16.7 Å². The number of carboxylic acids is 1. The minimum atomic E-state index is -0.876. The van der Waals surface area contributed by atoms with Crippen LogP contribution in [-0.4, -0.2) is 34.2 Å². The number of carbonyl (C=O) groups is 1. The molecule has 0 fully saturated rings. The van der Waals surface area contributed by atoms with Crippen LogP contribution in [0.3, 0.4) is 0 Å². The van der Waals surface area contributed by atoms with Gasteiger partial charge in [0.25, 0.3) is 0 Å². The Bertz CT molecular complexity index is 1280. The lowest BCUT2D eigenvalue weighted by Crippen LogP contribution is -2.34. The number of benzene rings is 3. The average molecular weight is 542 g/mol. The van der Waals surface area contributed by atoms with Gasteiger partial charge in [0, 0.05) is 19.0 Å². The molecule has 0 heterocycles. The Kier molecular flexibility index (Phi) is 10.4. The molecular formula is C35H43NO4. The van der Waals surface area contributed by atoms with E-state index < -0.39 is 5.97 Å². The van der Waals surface area contributed by atoms with E-state index >= 15 is 0 Å². The lowest BCUT2D eigenvalue weighted by Gasteiger charge is -2.36. The highest BCUT2D eigenvalue weighted by molar-refractivity contribution is 5.88. The highest BCUT2D eigenvalue weighted by Crippen LogP contribution is 2.35. The standard InChI is InChI=1S/C35H43NO4/c1-25(2)28-16-14-27(15-17-28)24-40-34-13-5-4-10-29(34)20-22-36(21-7-6-9-26(3)37)33-12-8-11-30-23-31(35(38)39)18-19-32(30)33/h4-5,10,13-19,23,25,33,37H,3,6-9,11-12,20-22,24H2,1-2H3,(H,38,39). The van der Waals surface area contributed by atoms with Crippen molar-refractivity contribution in [3.63, 3.8) is 0 Å². The van der Waals surface area contributed by atoms with Gasteiger partial charge in [-0.1, -0.05) is 69.0 Å². The van der Waals surface area contributed by atoms with Gasteiger partial charge in [-0.25, -0.2) is 4.79 Å². The molecule has 5 nitrogen and oxygen atoms in total. The summed E-state index contributed by atoms with van der Waals surface area (Å²) in [7, 11) is 0. The van der Waals surface area contributed by atoms with Gasteiger partial charge in [0.2, 0.25) is 0 Å². The van der Waals surface area contributed by atoms with Crippen LogP contribution in [0.1, 0.15) is 96.1 Å². The van der Waals surface area contributed by atoms with Crippen molar-refractivity contribution in [3.05, 3.63) is 112 Å². The van der Waals surface area contributed by atoms with Crippen LogP contribution in [0.2, 0.25) is 0 Å². The average Bonchev–Trinajstić information content (AvgIpc) is 2.95. The fourth-order valence-corrected chi connectivity index (χ4v) is 5.64. The van der Waals surface area contributed by atoms with Crippen LogP contribution in [0, 0.1) is 0 Å². The number of fused-ring (bicyclic) bond motifs is 1. The largest absolute Gasteiger partial charge is 0.513 e. The number of rotatable bonds is 14. The third-order valence-electron chi connectivity index (χ3n) is 7.96. The van der Waals surface area contributed by atoms with E-state index in [9.17, 15) is 15.0 Å². The molecule has 5 heteroatoms. The van der Waals surface area contributed by atoms with E-state index in [-0.39, 0.29) is 11.8 Å². The second kappa shape index (κ2) is 14.2. The normalized spacial score (nSPS) is 14.8. The molecule has 40 heavy (non-hydrogen) atoms. The molecule has 0 radical (unpaired) electrons. The minimum Gasteiger partial charge on any atom is -0.513 e. The van der Waals surface area contributed by atoms with Crippen LogP contribution in [0.25, 0.3) is 0 Å². The van der Waals surface area contributed by atoms with Gasteiger partial charge in [0.05, 0.1) is 11.3 Å². The van der Waals surface area contributed by atoms with Gasteiger partial charge in [0.15, 0.2) is 0 Å². The Morgan fingerprint density at radius 2 is 1.80 bits per heavy atom. The van der Waals surface area contributed by atoms with E-state index in [0.29, 0.717) is 24.5 Å². The summed E-state index contributed by atoms with van der Waals surface area (Å²) in [6.45, 7) is 10.3. The number of carboxylic acid groups (broad SMARTS) is 1. The van der Waals surface area contributed by atoms with Gasteiger partial charge in [-0.3, -0.25) is 4.90 Å². The van der Waals surface area contributed by atoms with Crippen LogP contribution in [-0.2, 0) is 19.4 Å². The number of aromatic carboxylic acids is 1. The summed E-state index contributed by atoms with van der Waals surface area (Å²) < 4.78 is 6.31. The number of allylic oxidation sites excluding steroid dienone is 1. The maximum atomic E-state index is 11.6. The number of para-hydroxylation sites is 1. The van der Waals surface area contributed by atoms with Gasteiger partial charge in [0.1, 0.15) is 12.4 Å². The van der Waals surface area contributed by atoms with E-state index in [0.717, 1.165) is 68.5 Å². The predicted molar refractivity (Wildman–Crippen MR) is 161 cm³/mol. The third-order valence-corrected chi connectivity index (χ3v) is 7.96. The predicted octanol–water partition coefficient (Wildman–Crippen LogP) is 8.25. The van der Waals surface area contributed by atoms with Gasteiger partial charge < -0.3 is 14.9 Å². The Hall–Kier alpha value is -3.57. The second-order valence-corrected chi connectivity index (χ2v) is 11.2. The maximum Gasteiger partial charge on any atom is 0.335 e. The molecule has 0 aromatic heterocycles.